The summed E-state index contributed by atoms with van der Waals surface area (Å²) >= 11 is 0. The second-order valence-electron chi connectivity index (χ2n) is 5.09. The third-order valence-corrected chi connectivity index (χ3v) is 3.30. The first-order chi connectivity index (χ1) is 10.7. The van der Waals surface area contributed by atoms with Gasteiger partial charge in [-0.25, -0.2) is 4.68 Å². The molecule has 0 spiro atoms. The van der Waals surface area contributed by atoms with Crippen LogP contribution in [0.15, 0.2) is 59.3 Å². The number of benzene rings is 1. The summed E-state index contributed by atoms with van der Waals surface area (Å²) in [7, 11) is 0. The summed E-state index contributed by atoms with van der Waals surface area (Å²) in [6.07, 6.45) is 7.26. The van der Waals surface area contributed by atoms with Gasteiger partial charge in [-0.2, -0.15) is 5.10 Å². The van der Waals surface area contributed by atoms with Crippen LogP contribution in [0.25, 0.3) is 12.2 Å². The van der Waals surface area contributed by atoms with Gasteiger partial charge in [0.1, 0.15) is 5.76 Å². The van der Waals surface area contributed by atoms with E-state index in [-0.39, 0.29) is 5.91 Å². The highest BCUT2D eigenvalue weighted by Gasteiger charge is 2.07. The largest absolute Gasteiger partial charge is 0.465 e. The molecule has 4 heteroatoms. The quantitative estimate of drug-likeness (QED) is 0.734. The fraction of sp³-hybridized carbons (Fsp3) is 0.111. The smallest absolute Gasteiger partial charge is 0.251 e. The first-order valence-corrected chi connectivity index (χ1v) is 7.07. The molecule has 22 heavy (non-hydrogen) atoms. The molecule has 0 unspecified atom stereocenters. The van der Waals surface area contributed by atoms with Gasteiger partial charge in [-0.05, 0) is 42.8 Å². The zero-order valence-electron chi connectivity index (χ0n) is 12.3. The number of aromatic nitrogens is 2. The maximum atomic E-state index is 12.2. The molecule has 0 saturated carbocycles. The molecule has 0 saturated heterocycles. The predicted octanol–water partition coefficient (Wildman–Crippen LogP) is 3.84. The van der Waals surface area contributed by atoms with Gasteiger partial charge in [-0.15, -0.1) is 0 Å². The van der Waals surface area contributed by atoms with Crippen molar-refractivity contribution < 1.29 is 9.21 Å². The van der Waals surface area contributed by atoms with Crippen LogP contribution in [0.4, 0.5) is 0 Å². The number of aryl methyl sites for hydroxylation is 1. The van der Waals surface area contributed by atoms with E-state index >= 15 is 0 Å². The van der Waals surface area contributed by atoms with Crippen LogP contribution >= 0.6 is 0 Å². The van der Waals surface area contributed by atoms with Crippen LogP contribution in [-0.2, 0) is 6.42 Å². The van der Waals surface area contributed by atoms with E-state index in [2.05, 4.69) is 5.10 Å². The van der Waals surface area contributed by atoms with Crippen LogP contribution in [0, 0.1) is 6.92 Å². The van der Waals surface area contributed by atoms with E-state index in [1.807, 2.05) is 55.5 Å². The zero-order chi connectivity index (χ0) is 15.4. The van der Waals surface area contributed by atoms with Gasteiger partial charge in [0.05, 0.1) is 18.4 Å². The minimum Gasteiger partial charge on any atom is -0.465 e. The number of nitrogens with zero attached hydrogens (tertiary/aromatic N) is 2. The van der Waals surface area contributed by atoms with Crippen molar-refractivity contribution in [3.63, 3.8) is 0 Å². The summed E-state index contributed by atoms with van der Waals surface area (Å²) in [5, 5.41) is 4.26. The van der Waals surface area contributed by atoms with Crippen LogP contribution in [0.2, 0.25) is 0 Å². The molecule has 110 valence electrons. The Hall–Kier alpha value is -2.88. The van der Waals surface area contributed by atoms with Crippen LogP contribution < -0.4 is 0 Å². The lowest BCUT2D eigenvalue weighted by atomic mass is 10.1. The Morgan fingerprint density at radius 2 is 2.00 bits per heavy atom. The van der Waals surface area contributed by atoms with E-state index in [1.165, 1.54) is 10.2 Å². The van der Waals surface area contributed by atoms with Crippen LogP contribution in [0.3, 0.4) is 0 Å². The van der Waals surface area contributed by atoms with Gasteiger partial charge in [0.15, 0.2) is 0 Å². The van der Waals surface area contributed by atoms with Gasteiger partial charge >= 0.3 is 0 Å². The molecular weight excluding hydrogens is 276 g/mol. The maximum absolute atomic E-state index is 12.2. The number of furan rings is 1. The second kappa shape index (κ2) is 6.26. The molecule has 2 heterocycles. The standard InChI is InChI=1S/C18H16N2O2/c1-14-4-6-15(7-5-14)13-18(21)20-11-10-16(19-20)8-9-17-3-2-12-22-17/h2-12H,13H2,1H3/b9-8+. The Kier molecular flexibility index (Phi) is 4.01. The molecule has 1 aromatic carbocycles. The first kappa shape index (κ1) is 14.1. The summed E-state index contributed by atoms with van der Waals surface area (Å²) in [5.74, 6) is 0.696. The van der Waals surface area contributed by atoms with Gasteiger partial charge in [-0.3, -0.25) is 4.79 Å². The van der Waals surface area contributed by atoms with Crippen LogP contribution in [0.1, 0.15) is 27.4 Å². The molecule has 0 aliphatic carbocycles. The summed E-state index contributed by atoms with van der Waals surface area (Å²) in [6.45, 7) is 2.02. The Bertz CT molecular complexity index is 781. The highest BCUT2D eigenvalue weighted by molar-refractivity contribution is 5.80. The third kappa shape index (κ3) is 3.41. The lowest BCUT2D eigenvalue weighted by Gasteiger charge is -2.01. The van der Waals surface area contributed by atoms with Crippen molar-refractivity contribution in [1.29, 1.82) is 0 Å². The first-order valence-electron chi connectivity index (χ1n) is 7.07. The van der Waals surface area contributed by atoms with Gasteiger partial charge in [-0.1, -0.05) is 29.8 Å². The molecule has 0 bridgehead atoms. The van der Waals surface area contributed by atoms with E-state index in [1.54, 1.807) is 18.5 Å². The van der Waals surface area contributed by atoms with Crippen molar-refractivity contribution >= 4 is 18.1 Å². The summed E-state index contributed by atoms with van der Waals surface area (Å²) in [4.78, 5) is 12.2. The molecule has 0 atom stereocenters. The summed E-state index contributed by atoms with van der Waals surface area (Å²) < 4.78 is 6.59. The SMILES string of the molecule is Cc1ccc(CC(=O)n2ccc(/C=C/c3ccco3)n2)cc1. The van der Waals surface area contributed by atoms with Gasteiger partial charge in [0.2, 0.25) is 0 Å². The predicted molar refractivity (Wildman–Crippen MR) is 85.4 cm³/mol. The molecule has 4 nitrogen and oxygen atoms in total. The van der Waals surface area contributed by atoms with Gasteiger partial charge in [0, 0.05) is 6.20 Å². The molecule has 0 radical (unpaired) electrons. The zero-order valence-corrected chi connectivity index (χ0v) is 12.3. The van der Waals surface area contributed by atoms with Crippen LogP contribution in [0.5, 0.6) is 0 Å². The Labute approximate surface area is 128 Å². The summed E-state index contributed by atoms with van der Waals surface area (Å²) in [5.41, 5.74) is 2.88. The van der Waals surface area contributed by atoms with Gasteiger partial charge in [0.25, 0.3) is 5.91 Å². The minimum atomic E-state index is -0.0542. The van der Waals surface area contributed by atoms with Crippen molar-refractivity contribution in [2.24, 2.45) is 0 Å². The van der Waals surface area contributed by atoms with Crippen molar-refractivity contribution in [1.82, 2.24) is 9.78 Å². The Morgan fingerprint density at radius 1 is 1.18 bits per heavy atom. The number of hydrogen-bond acceptors (Lipinski definition) is 3. The van der Waals surface area contributed by atoms with Crippen molar-refractivity contribution in [2.45, 2.75) is 13.3 Å². The van der Waals surface area contributed by atoms with Crippen molar-refractivity contribution in [2.75, 3.05) is 0 Å². The molecule has 0 fully saturated rings. The number of carbonyl (C=O) groups is 1. The maximum Gasteiger partial charge on any atom is 0.251 e. The van der Waals surface area contributed by atoms with E-state index < -0.39 is 0 Å². The van der Waals surface area contributed by atoms with Crippen molar-refractivity contribution in [3.8, 4) is 0 Å². The summed E-state index contributed by atoms with van der Waals surface area (Å²) in [6, 6.07) is 13.4. The normalized spacial score (nSPS) is 11.1. The van der Waals surface area contributed by atoms with E-state index in [0.717, 1.165) is 11.3 Å². The lowest BCUT2D eigenvalue weighted by Crippen LogP contribution is -2.14. The number of hydrogen-bond donors (Lipinski definition) is 0. The fourth-order valence-corrected chi connectivity index (χ4v) is 2.08. The van der Waals surface area contributed by atoms with E-state index in [9.17, 15) is 4.79 Å². The highest BCUT2D eigenvalue weighted by atomic mass is 16.3. The number of rotatable bonds is 4. The molecule has 0 N–H and O–H groups in total. The minimum absolute atomic E-state index is 0.0542. The molecule has 0 amide bonds. The Balaban J connectivity index is 1.67. The third-order valence-electron chi connectivity index (χ3n) is 3.30. The molecule has 2 aromatic heterocycles. The average molecular weight is 292 g/mol. The second-order valence-corrected chi connectivity index (χ2v) is 5.09. The fourth-order valence-electron chi connectivity index (χ4n) is 2.08. The molecule has 3 aromatic rings. The molecule has 0 aliphatic heterocycles. The molecular formula is C18H16N2O2. The Morgan fingerprint density at radius 3 is 2.73 bits per heavy atom. The lowest BCUT2D eigenvalue weighted by molar-refractivity contribution is 0.0898. The molecule has 3 rings (SSSR count). The molecule has 0 aliphatic rings. The topological polar surface area (TPSA) is 48.0 Å². The number of carbonyl (C=O) groups excluding carboxylic acids is 1. The van der Waals surface area contributed by atoms with Crippen molar-refractivity contribution in [3.05, 3.63) is 77.5 Å². The van der Waals surface area contributed by atoms with E-state index in [4.69, 9.17) is 4.42 Å². The average Bonchev–Trinajstić information content (AvgIpc) is 3.18. The monoisotopic (exact) mass is 292 g/mol. The highest BCUT2D eigenvalue weighted by Crippen LogP contribution is 2.08. The van der Waals surface area contributed by atoms with Crippen LogP contribution in [-0.4, -0.2) is 15.7 Å². The van der Waals surface area contributed by atoms with E-state index in [0.29, 0.717) is 12.1 Å². The van der Waals surface area contributed by atoms with Gasteiger partial charge < -0.3 is 4.42 Å².